The zero-order valence-corrected chi connectivity index (χ0v) is 10.4. The van der Waals surface area contributed by atoms with Crippen LogP contribution in [0.1, 0.15) is 10.5 Å². The van der Waals surface area contributed by atoms with Gasteiger partial charge in [-0.15, -0.1) is 0 Å². The van der Waals surface area contributed by atoms with Crippen LogP contribution in [0.3, 0.4) is 0 Å². The van der Waals surface area contributed by atoms with E-state index >= 15 is 0 Å². The Labute approximate surface area is 109 Å². The van der Waals surface area contributed by atoms with Gasteiger partial charge in [0.15, 0.2) is 5.75 Å². The SMILES string of the molecule is CNC(=O)c1cc(-c2[nH]ccc(=S)c2O)ccn1. The van der Waals surface area contributed by atoms with Gasteiger partial charge in [0.05, 0.1) is 10.2 Å². The summed E-state index contributed by atoms with van der Waals surface area (Å²) in [5.74, 6) is -0.299. The van der Waals surface area contributed by atoms with Gasteiger partial charge in [-0.3, -0.25) is 9.78 Å². The molecule has 0 saturated carbocycles. The normalized spacial score (nSPS) is 10.1. The zero-order valence-electron chi connectivity index (χ0n) is 9.60. The van der Waals surface area contributed by atoms with Gasteiger partial charge in [0, 0.05) is 25.0 Å². The topological polar surface area (TPSA) is 78.0 Å². The van der Waals surface area contributed by atoms with Crippen LogP contribution in [-0.4, -0.2) is 28.0 Å². The van der Waals surface area contributed by atoms with E-state index in [4.69, 9.17) is 12.2 Å². The van der Waals surface area contributed by atoms with Crippen LogP contribution >= 0.6 is 12.2 Å². The molecule has 2 aromatic heterocycles. The van der Waals surface area contributed by atoms with E-state index in [1.165, 1.54) is 13.2 Å². The number of carbonyl (C=O) groups excluding carboxylic acids is 1. The van der Waals surface area contributed by atoms with Gasteiger partial charge in [0.1, 0.15) is 5.69 Å². The number of nitrogens with zero attached hydrogens (tertiary/aromatic N) is 1. The fraction of sp³-hybridized carbons (Fsp3) is 0.0833. The molecule has 0 unspecified atom stereocenters. The van der Waals surface area contributed by atoms with Crippen molar-refractivity contribution in [1.82, 2.24) is 15.3 Å². The Kier molecular flexibility index (Phi) is 3.38. The number of aromatic amines is 1. The Hall–Kier alpha value is -2.21. The predicted octanol–water partition coefficient (Wildman–Crippen LogP) is 1.87. The Morgan fingerprint density at radius 1 is 1.50 bits per heavy atom. The van der Waals surface area contributed by atoms with E-state index in [2.05, 4.69) is 15.3 Å². The Morgan fingerprint density at radius 3 is 3.00 bits per heavy atom. The molecule has 0 aliphatic rings. The van der Waals surface area contributed by atoms with Crippen LogP contribution in [0.4, 0.5) is 0 Å². The fourth-order valence-corrected chi connectivity index (χ4v) is 1.70. The van der Waals surface area contributed by atoms with Gasteiger partial charge in [0.2, 0.25) is 0 Å². The molecule has 0 fully saturated rings. The summed E-state index contributed by atoms with van der Waals surface area (Å²) in [6, 6.07) is 4.86. The molecule has 2 heterocycles. The quantitative estimate of drug-likeness (QED) is 0.721. The van der Waals surface area contributed by atoms with E-state index < -0.39 is 0 Å². The number of hydrogen-bond acceptors (Lipinski definition) is 4. The van der Waals surface area contributed by atoms with E-state index in [-0.39, 0.29) is 17.4 Å². The first-order chi connectivity index (χ1) is 8.63. The average molecular weight is 261 g/mol. The van der Waals surface area contributed by atoms with Gasteiger partial charge in [0.25, 0.3) is 5.91 Å². The summed E-state index contributed by atoms with van der Waals surface area (Å²) in [6.07, 6.45) is 3.14. The lowest BCUT2D eigenvalue weighted by Gasteiger charge is -2.06. The van der Waals surface area contributed by atoms with Crippen molar-refractivity contribution in [2.75, 3.05) is 7.05 Å². The highest BCUT2D eigenvalue weighted by Gasteiger charge is 2.10. The molecule has 0 saturated heterocycles. The standard InChI is InChI=1S/C12H11N3O2S/c1-13-12(17)8-6-7(2-4-14-8)10-11(16)9(18)3-5-15-10/h2-6,16H,1H3,(H,13,17)(H,15,18). The Balaban J connectivity index is 2.55. The van der Waals surface area contributed by atoms with Crippen LogP contribution in [0.5, 0.6) is 5.75 Å². The average Bonchev–Trinajstić information content (AvgIpc) is 2.41. The molecule has 2 aromatic rings. The monoisotopic (exact) mass is 261 g/mol. The number of hydrogen-bond donors (Lipinski definition) is 3. The van der Waals surface area contributed by atoms with Crippen molar-refractivity contribution in [2.24, 2.45) is 0 Å². The van der Waals surface area contributed by atoms with Gasteiger partial charge < -0.3 is 15.4 Å². The first-order valence-corrected chi connectivity index (χ1v) is 5.63. The minimum Gasteiger partial charge on any atom is -0.504 e. The van der Waals surface area contributed by atoms with Crippen LogP contribution in [0, 0.1) is 4.51 Å². The summed E-state index contributed by atoms with van der Waals surface area (Å²) < 4.78 is 0.349. The van der Waals surface area contributed by atoms with Crippen molar-refractivity contribution >= 4 is 18.1 Å². The first-order valence-electron chi connectivity index (χ1n) is 5.22. The maximum atomic E-state index is 11.5. The van der Waals surface area contributed by atoms with Gasteiger partial charge in [-0.05, 0) is 18.2 Å². The van der Waals surface area contributed by atoms with E-state index in [0.717, 1.165) is 0 Å². The van der Waals surface area contributed by atoms with Crippen molar-refractivity contribution in [3.63, 3.8) is 0 Å². The minimum atomic E-state index is -0.286. The molecule has 6 heteroatoms. The van der Waals surface area contributed by atoms with Crippen LogP contribution in [0.25, 0.3) is 11.3 Å². The van der Waals surface area contributed by atoms with Gasteiger partial charge in [-0.2, -0.15) is 0 Å². The molecule has 18 heavy (non-hydrogen) atoms. The molecule has 0 aliphatic carbocycles. The summed E-state index contributed by atoms with van der Waals surface area (Å²) in [4.78, 5) is 18.3. The lowest BCUT2D eigenvalue weighted by atomic mass is 10.1. The molecule has 0 aliphatic heterocycles. The Morgan fingerprint density at radius 2 is 2.28 bits per heavy atom. The molecule has 0 spiro atoms. The number of pyridine rings is 2. The van der Waals surface area contributed by atoms with Crippen LogP contribution in [0.15, 0.2) is 30.6 Å². The smallest absolute Gasteiger partial charge is 0.269 e. The second-order valence-corrected chi connectivity index (χ2v) is 4.01. The lowest BCUT2D eigenvalue weighted by molar-refractivity contribution is 0.0958. The number of aromatic nitrogens is 2. The number of rotatable bonds is 2. The van der Waals surface area contributed by atoms with Crippen LogP contribution in [0.2, 0.25) is 0 Å². The van der Waals surface area contributed by atoms with Crippen molar-refractivity contribution in [1.29, 1.82) is 0 Å². The maximum Gasteiger partial charge on any atom is 0.269 e. The Bertz CT molecular complexity index is 652. The molecule has 0 aromatic carbocycles. The molecular weight excluding hydrogens is 250 g/mol. The summed E-state index contributed by atoms with van der Waals surface area (Å²) in [5, 5.41) is 12.4. The maximum absolute atomic E-state index is 11.5. The molecule has 0 radical (unpaired) electrons. The zero-order chi connectivity index (χ0) is 13.1. The second kappa shape index (κ2) is 4.97. The molecule has 0 atom stereocenters. The van der Waals surface area contributed by atoms with Gasteiger partial charge in [-0.1, -0.05) is 12.2 Å². The molecule has 0 bridgehead atoms. The molecule has 3 N–H and O–H groups in total. The van der Waals surface area contributed by atoms with E-state index in [9.17, 15) is 9.90 Å². The van der Waals surface area contributed by atoms with Crippen LogP contribution in [-0.2, 0) is 0 Å². The molecular formula is C12H11N3O2S. The largest absolute Gasteiger partial charge is 0.504 e. The van der Waals surface area contributed by atoms with E-state index in [1.807, 2.05) is 0 Å². The van der Waals surface area contributed by atoms with Crippen molar-refractivity contribution in [3.05, 3.63) is 40.8 Å². The molecule has 2 rings (SSSR count). The summed E-state index contributed by atoms with van der Waals surface area (Å²) in [7, 11) is 1.53. The summed E-state index contributed by atoms with van der Waals surface area (Å²) in [6.45, 7) is 0. The van der Waals surface area contributed by atoms with E-state index in [0.29, 0.717) is 15.8 Å². The first kappa shape index (κ1) is 12.3. The minimum absolute atomic E-state index is 0.0124. The third-order valence-corrected chi connectivity index (χ3v) is 2.77. The van der Waals surface area contributed by atoms with Gasteiger partial charge in [-0.25, -0.2) is 0 Å². The number of amides is 1. The number of carbonyl (C=O) groups is 1. The molecule has 92 valence electrons. The third-order valence-electron chi connectivity index (χ3n) is 2.44. The second-order valence-electron chi connectivity index (χ2n) is 3.57. The van der Waals surface area contributed by atoms with Crippen molar-refractivity contribution in [3.8, 4) is 17.0 Å². The third kappa shape index (κ3) is 2.23. The highest BCUT2D eigenvalue weighted by molar-refractivity contribution is 7.71. The summed E-state index contributed by atoms with van der Waals surface area (Å²) in [5.41, 5.74) is 1.39. The summed E-state index contributed by atoms with van der Waals surface area (Å²) >= 11 is 4.98. The highest BCUT2D eigenvalue weighted by Crippen LogP contribution is 2.27. The van der Waals surface area contributed by atoms with Crippen LogP contribution < -0.4 is 5.32 Å². The molecule has 1 amide bonds. The van der Waals surface area contributed by atoms with Crippen molar-refractivity contribution in [2.45, 2.75) is 0 Å². The predicted molar refractivity (Wildman–Crippen MR) is 69.9 cm³/mol. The van der Waals surface area contributed by atoms with Crippen molar-refractivity contribution < 1.29 is 9.90 Å². The lowest BCUT2D eigenvalue weighted by Crippen LogP contribution is -2.19. The number of aromatic hydroxyl groups is 1. The van der Waals surface area contributed by atoms with E-state index in [1.54, 1.807) is 24.4 Å². The molecule has 5 nitrogen and oxygen atoms in total. The number of H-pyrrole nitrogens is 1. The van der Waals surface area contributed by atoms with Gasteiger partial charge >= 0.3 is 0 Å². The highest BCUT2D eigenvalue weighted by atomic mass is 32.1. The fourth-order valence-electron chi connectivity index (χ4n) is 1.53. The number of nitrogens with one attached hydrogen (secondary N) is 2.